The Balaban J connectivity index is 2.36. The summed E-state index contributed by atoms with van der Waals surface area (Å²) >= 11 is 4.24. The zero-order chi connectivity index (χ0) is 14.0. The summed E-state index contributed by atoms with van der Waals surface area (Å²) in [5.74, 6) is -0.546. The monoisotopic (exact) mass is 275 g/mol. The Bertz CT molecular complexity index is 627. The Hall–Kier alpha value is -1.81. The van der Waals surface area contributed by atoms with Crippen LogP contribution in [0.2, 0.25) is 0 Å². The van der Waals surface area contributed by atoms with E-state index in [2.05, 4.69) is 12.6 Å². The van der Waals surface area contributed by atoms with Crippen LogP contribution >= 0.6 is 12.6 Å². The second kappa shape index (κ2) is 5.45. The van der Waals surface area contributed by atoms with Gasteiger partial charge in [0.25, 0.3) is 5.91 Å². The van der Waals surface area contributed by atoms with E-state index in [-0.39, 0.29) is 11.7 Å². The summed E-state index contributed by atoms with van der Waals surface area (Å²) in [6, 6.07) is 11.3. The van der Waals surface area contributed by atoms with E-state index in [9.17, 15) is 9.18 Å². The zero-order valence-electron chi connectivity index (χ0n) is 10.7. The summed E-state index contributed by atoms with van der Waals surface area (Å²) in [6.45, 7) is 1.86. The molecule has 19 heavy (non-hydrogen) atoms. The third kappa shape index (κ3) is 2.96. The van der Waals surface area contributed by atoms with Crippen LogP contribution in [0.4, 0.5) is 10.1 Å². The molecule has 0 aliphatic heterocycles. The summed E-state index contributed by atoms with van der Waals surface area (Å²) in [5, 5.41) is 0. The average molecular weight is 275 g/mol. The van der Waals surface area contributed by atoms with Gasteiger partial charge in [0.1, 0.15) is 5.82 Å². The van der Waals surface area contributed by atoms with E-state index < -0.39 is 0 Å². The first-order valence-corrected chi connectivity index (χ1v) is 6.27. The molecule has 0 radical (unpaired) electrons. The van der Waals surface area contributed by atoms with Gasteiger partial charge >= 0.3 is 0 Å². The minimum atomic E-state index is -0.364. The number of anilines is 1. The normalized spacial score (nSPS) is 10.3. The fraction of sp³-hybridized carbons (Fsp3) is 0.133. The zero-order valence-corrected chi connectivity index (χ0v) is 11.6. The number of hydrogen-bond donors (Lipinski definition) is 1. The summed E-state index contributed by atoms with van der Waals surface area (Å²) in [7, 11) is 1.63. The summed E-state index contributed by atoms with van der Waals surface area (Å²) in [4.78, 5) is 14.6. The summed E-state index contributed by atoms with van der Waals surface area (Å²) in [5.41, 5.74) is 1.96. The molecule has 0 N–H and O–H groups in total. The predicted molar refractivity (Wildman–Crippen MR) is 77.6 cm³/mol. The number of thiol groups is 1. The molecule has 0 saturated carbocycles. The van der Waals surface area contributed by atoms with Crippen molar-refractivity contribution in [3.63, 3.8) is 0 Å². The largest absolute Gasteiger partial charge is 0.311 e. The number of hydrogen-bond acceptors (Lipinski definition) is 2. The van der Waals surface area contributed by atoms with Crippen molar-refractivity contribution in [2.75, 3.05) is 11.9 Å². The maximum atomic E-state index is 13.2. The first-order valence-electron chi connectivity index (χ1n) is 5.82. The molecule has 0 saturated heterocycles. The highest BCUT2D eigenvalue weighted by Crippen LogP contribution is 2.20. The van der Waals surface area contributed by atoms with E-state index in [4.69, 9.17) is 0 Å². The van der Waals surface area contributed by atoms with Crippen molar-refractivity contribution in [3.05, 3.63) is 59.4 Å². The summed E-state index contributed by atoms with van der Waals surface area (Å²) in [6.07, 6.45) is 0. The molecule has 0 atom stereocenters. The topological polar surface area (TPSA) is 20.3 Å². The fourth-order valence-corrected chi connectivity index (χ4v) is 2.03. The highest BCUT2D eigenvalue weighted by molar-refractivity contribution is 7.80. The Morgan fingerprint density at radius 2 is 1.95 bits per heavy atom. The predicted octanol–water partition coefficient (Wildman–Crippen LogP) is 3.70. The van der Waals surface area contributed by atoms with Gasteiger partial charge in [0.05, 0.1) is 0 Å². The molecule has 1 amide bonds. The molecule has 0 heterocycles. The Labute approximate surface area is 117 Å². The first kappa shape index (κ1) is 13.6. The standard InChI is InChI=1S/C15H14FNOS/c1-10-6-7-13(19)9-14(10)15(18)17(2)12-5-3-4-11(16)8-12/h3-9,19H,1-2H3. The van der Waals surface area contributed by atoms with Crippen molar-refractivity contribution in [3.8, 4) is 0 Å². The van der Waals surface area contributed by atoms with Crippen molar-refractivity contribution >= 4 is 24.2 Å². The van der Waals surface area contributed by atoms with Crippen LogP contribution in [0.5, 0.6) is 0 Å². The minimum Gasteiger partial charge on any atom is -0.311 e. The maximum Gasteiger partial charge on any atom is 0.258 e. The van der Waals surface area contributed by atoms with Crippen molar-refractivity contribution in [1.29, 1.82) is 0 Å². The van der Waals surface area contributed by atoms with Crippen LogP contribution in [-0.2, 0) is 0 Å². The van der Waals surface area contributed by atoms with E-state index in [0.29, 0.717) is 11.3 Å². The quantitative estimate of drug-likeness (QED) is 0.829. The molecule has 0 unspecified atom stereocenters. The SMILES string of the molecule is Cc1ccc(S)cc1C(=O)N(C)c1cccc(F)c1. The maximum absolute atomic E-state index is 13.2. The highest BCUT2D eigenvalue weighted by atomic mass is 32.1. The van der Waals surface area contributed by atoms with E-state index in [1.807, 2.05) is 19.1 Å². The second-order valence-corrected chi connectivity index (χ2v) is 4.86. The summed E-state index contributed by atoms with van der Waals surface area (Å²) < 4.78 is 13.2. The Morgan fingerprint density at radius 3 is 2.63 bits per heavy atom. The third-order valence-corrected chi connectivity index (χ3v) is 3.23. The van der Waals surface area contributed by atoms with Gasteiger partial charge in [-0.2, -0.15) is 0 Å². The molecule has 0 fully saturated rings. The van der Waals surface area contributed by atoms with Crippen LogP contribution in [0, 0.1) is 12.7 Å². The van der Waals surface area contributed by atoms with Gasteiger partial charge in [0, 0.05) is 23.2 Å². The molecule has 2 nitrogen and oxygen atoms in total. The number of aryl methyl sites for hydroxylation is 1. The van der Waals surface area contributed by atoms with Gasteiger partial charge < -0.3 is 4.90 Å². The number of benzene rings is 2. The molecule has 0 bridgehead atoms. The van der Waals surface area contributed by atoms with Crippen LogP contribution in [0.15, 0.2) is 47.4 Å². The van der Waals surface area contributed by atoms with Crippen molar-refractivity contribution in [2.24, 2.45) is 0 Å². The van der Waals surface area contributed by atoms with Crippen molar-refractivity contribution in [1.82, 2.24) is 0 Å². The number of rotatable bonds is 2. The van der Waals surface area contributed by atoms with Crippen LogP contribution in [0.1, 0.15) is 15.9 Å². The molecule has 0 spiro atoms. The lowest BCUT2D eigenvalue weighted by Gasteiger charge is -2.18. The van der Waals surface area contributed by atoms with Crippen molar-refractivity contribution < 1.29 is 9.18 Å². The molecule has 0 aliphatic carbocycles. The number of halogens is 1. The van der Waals surface area contributed by atoms with Crippen LogP contribution in [0.3, 0.4) is 0 Å². The number of carbonyl (C=O) groups is 1. The molecule has 0 aliphatic rings. The van der Waals surface area contributed by atoms with Gasteiger partial charge in [-0.3, -0.25) is 4.79 Å². The van der Waals surface area contributed by atoms with E-state index in [1.165, 1.54) is 17.0 Å². The molecule has 2 aromatic rings. The van der Waals surface area contributed by atoms with Crippen LogP contribution in [-0.4, -0.2) is 13.0 Å². The molecular weight excluding hydrogens is 261 g/mol. The molecule has 2 aromatic carbocycles. The smallest absolute Gasteiger partial charge is 0.258 e. The molecular formula is C15H14FNOS. The Kier molecular flexibility index (Phi) is 3.90. The lowest BCUT2D eigenvalue weighted by Crippen LogP contribution is -2.27. The Morgan fingerprint density at radius 1 is 1.21 bits per heavy atom. The number of amides is 1. The molecule has 98 valence electrons. The van der Waals surface area contributed by atoms with E-state index >= 15 is 0 Å². The van der Waals surface area contributed by atoms with Gasteiger partial charge in [-0.05, 0) is 42.8 Å². The minimum absolute atomic E-state index is 0.181. The highest BCUT2D eigenvalue weighted by Gasteiger charge is 2.16. The molecule has 4 heteroatoms. The lowest BCUT2D eigenvalue weighted by atomic mass is 10.1. The number of carbonyl (C=O) groups excluding carboxylic acids is 1. The molecule has 0 aromatic heterocycles. The van der Waals surface area contributed by atoms with Gasteiger partial charge in [0.2, 0.25) is 0 Å². The fourth-order valence-electron chi connectivity index (χ4n) is 1.82. The van der Waals surface area contributed by atoms with Crippen LogP contribution < -0.4 is 4.90 Å². The van der Waals surface area contributed by atoms with Crippen molar-refractivity contribution in [2.45, 2.75) is 11.8 Å². The lowest BCUT2D eigenvalue weighted by molar-refractivity contribution is 0.0992. The third-order valence-electron chi connectivity index (χ3n) is 2.95. The van der Waals surface area contributed by atoms with Gasteiger partial charge in [-0.1, -0.05) is 12.1 Å². The van der Waals surface area contributed by atoms with Gasteiger partial charge in [-0.15, -0.1) is 12.6 Å². The first-order chi connectivity index (χ1) is 8.99. The molecule has 2 rings (SSSR count). The number of nitrogens with zero attached hydrogens (tertiary/aromatic N) is 1. The van der Waals surface area contributed by atoms with E-state index in [0.717, 1.165) is 10.5 Å². The van der Waals surface area contributed by atoms with Gasteiger partial charge in [-0.25, -0.2) is 4.39 Å². The van der Waals surface area contributed by atoms with Crippen LogP contribution in [0.25, 0.3) is 0 Å². The average Bonchev–Trinajstić information content (AvgIpc) is 2.40. The van der Waals surface area contributed by atoms with E-state index in [1.54, 1.807) is 25.2 Å². The van der Waals surface area contributed by atoms with Gasteiger partial charge in [0.15, 0.2) is 0 Å². The second-order valence-electron chi connectivity index (χ2n) is 4.34.